The van der Waals surface area contributed by atoms with Gasteiger partial charge in [0.15, 0.2) is 0 Å². The molecule has 0 saturated heterocycles. The molecule has 2 aromatic rings. The smallest absolute Gasteiger partial charge is 0.343 e. The molecule has 1 unspecified atom stereocenters. The van der Waals surface area contributed by atoms with Gasteiger partial charge in [-0.3, -0.25) is 14.6 Å². The minimum atomic E-state index is -0.568. The van der Waals surface area contributed by atoms with Gasteiger partial charge < -0.3 is 18.9 Å². The second-order valence-electron chi connectivity index (χ2n) is 7.98. The summed E-state index contributed by atoms with van der Waals surface area (Å²) in [6.45, 7) is 1.31. The van der Waals surface area contributed by atoms with Gasteiger partial charge in [0.1, 0.15) is 17.9 Å². The highest BCUT2D eigenvalue weighted by Gasteiger charge is 2.30. The van der Waals surface area contributed by atoms with Crippen LogP contribution in [0.4, 0.5) is 0 Å². The quantitative estimate of drug-likeness (QED) is 0.527. The van der Waals surface area contributed by atoms with Crippen LogP contribution in [0.5, 0.6) is 5.75 Å². The van der Waals surface area contributed by atoms with Crippen molar-refractivity contribution >= 4 is 11.9 Å². The summed E-state index contributed by atoms with van der Waals surface area (Å²) in [4.78, 5) is 44.6. The van der Waals surface area contributed by atoms with Gasteiger partial charge in [0.2, 0.25) is 5.91 Å². The van der Waals surface area contributed by atoms with Crippen LogP contribution < -0.4 is 10.3 Å². The zero-order chi connectivity index (χ0) is 22.5. The van der Waals surface area contributed by atoms with Crippen molar-refractivity contribution in [3.63, 3.8) is 0 Å². The van der Waals surface area contributed by atoms with Crippen LogP contribution >= 0.6 is 0 Å². The maximum Gasteiger partial charge on any atom is 0.343 e. The number of hydrogen-bond donors (Lipinski definition) is 0. The predicted octanol–water partition coefficient (Wildman–Crippen LogP) is 2.35. The Labute approximate surface area is 186 Å². The monoisotopic (exact) mass is 437 g/mol. The van der Waals surface area contributed by atoms with Gasteiger partial charge in [0, 0.05) is 49.9 Å². The van der Waals surface area contributed by atoms with Crippen molar-refractivity contribution < 1.29 is 19.1 Å². The lowest BCUT2D eigenvalue weighted by Gasteiger charge is -2.26. The molecule has 1 aliphatic heterocycles. The van der Waals surface area contributed by atoms with Crippen LogP contribution in [0.2, 0.25) is 0 Å². The van der Waals surface area contributed by atoms with Crippen molar-refractivity contribution in [3.05, 3.63) is 69.9 Å². The minimum Gasteiger partial charge on any atom is -0.486 e. The molecule has 2 aromatic heterocycles. The van der Waals surface area contributed by atoms with Crippen LogP contribution in [-0.4, -0.2) is 46.5 Å². The summed E-state index contributed by atoms with van der Waals surface area (Å²) in [5.41, 5.74) is 1.19. The van der Waals surface area contributed by atoms with Crippen LogP contribution in [0.25, 0.3) is 0 Å². The first kappa shape index (κ1) is 21.8. The topological polar surface area (TPSA) is 90.7 Å². The Bertz CT molecular complexity index is 1080. The normalized spacial score (nSPS) is 17.9. The molecule has 1 amide bonds. The van der Waals surface area contributed by atoms with Gasteiger partial charge in [-0.2, -0.15) is 0 Å². The average molecular weight is 437 g/mol. The molecular formula is C24H27N3O5. The fraction of sp³-hybridized carbons (Fsp3) is 0.417. The number of allylic oxidation sites excluding steroid dienone is 2. The molecule has 1 atom stereocenters. The molecule has 8 nitrogen and oxygen atoms in total. The molecule has 2 aliphatic rings. The molecule has 168 valence electrons. The number of pyridine rings is 2. The van der Waals surface area contributed by atoms with E-state index < -0.39 is 5.97 Å². The molecule has 0 fully saturated rings. The maximum absolute atomic E-state index is 13.0. The van der Waals surface area contributed by atoms with Crippen LogP contribution in [-0.2, 0) is 29.1 Å². The number of rotatable bonds is 5. The van der Waals surface area contributed by atoms with Crippen molar-refractivity contribution in [1.82, 2.24) is 14.5 Å². The Hall–Kier alpha value is -3.42. The van der Waals surface area contributed by atoms with Gasteiger partial charge in [0.25, 0.3) is 5.56 Å². The van der Waals surface area contributed by atoms with E-state index in [1.165, 1.54) is 13.2 Å². The standard InChI is InChI=1S/C24H27N3O5/c1-31-24(30)22-19-10-12-26(23(29)17-7-3-2-4-8-17)13-14-27(19)21(28)15-20(22)32-16-18-9-5-6-11-25-18/h2-3,5-6,9,11,15,17H,4,7-8,10,12-14,16H2,1H3. The fourth-order valence-electron chi connectivity index (χ4n) is 4.32. The molecule has 0 radical (unpaired) electrons. The Balaban J connectivity index is 1.61. The molecule has 0 N–H and O–H groups in total. The number of hydrogen-bond acceptors (Lipinski definition) is 6. The van der Waals surface area contributed by atoms with E-state index in [-0.39, 0.29) is 35.3 Å². The summed E-state index contributed by atoms with van der Waals surface area (Å²) in [7, 11) is 1.30. The number of nitrogens with zero attached hydrogens (tertiary/aromatic N) is 3. The van der Waals surface area contributed by atoms with E-state index in [4.69, 9.17) is 9.47 Å². The van der Waals surface area contributed by atoms with Crippen LogP contribution in [0.15, 0.2) is 47.4 Å². The molecule has 0 saturated carbocycles. The molecule has 0 spiro atoms. The zero-order valence-corrected chi connectivity index (χ0v) is 18.2. The molecule has 1 aliphatic carbocycles. The Morgan fingerprint density at radius 3 is 2.78 bits per heavy atom. The number of esters is 1. The highest BCUT2D eigenvalue weighted by Crippen LogP contribution is 2.26. The van der Waals surface area contributed by atoms with E-state index in [0.717, 1.165) is 19.3 Å². The zero-order valence-electron chi connectivity index (χ0n) is 18.2. The van der Waals surface area contributed by atoms with Gasteiger partial charge in [-0.25, -0.2) is 4.79 Å². The molecule has 4 rings (SSSR count). The molecule has 8 heteroatoms. The van der Waals surface area contributed by atoms with Crippen molar-refractivity contribution in [2.45, 2.75) is 38.8 Å². The lowest BCUT2D eigenvalue weighted by molar-refractivity contribution is -0.135. The summed E-state index contributed by atoms with van der Waals surface area (Å²) < 4.78 is 12.4. The Morgan fingerprint density at radius 1 is 1.19 bits per heavy atom. The van der Waals surface area contributed by atoms with Crippen LogP contribution in [0.3, 0.4) is 0 Å². The first-order chi connectivity index (χ1) is 15.6. The molecule has 0 bridgehead atoms. The van der Waals surface area contributed by atoms with E-state index in [0.29, 0.717) is 37.4 Å². The summed E-state index contributed by atoms with van der Waals surface area (Å²) in [6.07, 6.45) is 8.70. The van der Waals surface area contributed by atoms with Gasteiger partial charge >= 0.3 is 5.97 Å². The molecule has 3 heterocycles. The van der Waals surface area contributed by atoms with Crippen LogP contribution in [0.1, 0.15) is 41.0 Å². The third-order valence-electron chi connectivity index (χ3n) is 6.01. The number of fused-ring (bicyclic) bond motifs is 1. The lowest BCUT2D eigenvalue weighted by Crippen LogP contribution is -2.38. The van der Waals surface area contributed by atoms with E-state index in [1.807, 2.05) is 11.0 Å². The second-order valence-corrected chi connectivity index (χ2v) is 7.98. The SMILES string of the molecule is COC(=O)c1c(OCc2ccccn2)cc(=O)n2c1CCN(C(=O)C1CC=CCC1)CC2. The Morgan fingerprint density at radius 2 is 2.06 bits per heavy atom. The highest BCUT2D eigenvalue weighted by molar-refractivity contribution is 5.93. The first-order valence-corrected chi connectivity index (χ1v) is 10.9. The molecule has 32 heavy (non-hydrogen) atoms. The van der Waals surface area contributed by atoms with Crippen LogP contribution in [0, 0.1) is 5.92 Å². The number of amides is 1. The Kier molecular flexibility index (Phi) is 6.68. The largest absolute Gasteiger partial charge is 0.486 e. The number of carbonyl (C=O) groups is 2. The number of carbonyl (C=O) groups excluding carboxylic acids is 2. The number of methoxy groups -OCH3 is 1. The van der Waals surface area contributed by atoms with E-state index >= 15 is 0 Å². The summed E-state index contributed by atoms with van der Waals surface area (Å²) in [6, 6.07) is 6.77. The van der Waals surface area contributed by atoms with Crippen molar-refractivity contribution in [1.29, 1.82) is 0 Å². The van der Waals surface area contributed by atoms with E-state index in [9.17, 15) is 14.4 Å². The van der Waals surface area contributed by atoms with Gasteiger partial charge in [-0.15, -0.1) is 0 Å². The van der Waals surface area contributed by atoms with Crippen molar-refractivity contribution in [2.75, 3.05) is 20.2 Å². The minimum absolute atomic E-state index is 0.0183. The van der Waals surface area contributed by atoms with Crippen molar-refractivity contribution in [2.24, 2.45) is 5.92 Å². The lowest BCUT2D eigenvalue weighted by atomic mass is 9.93. The number of aromatic nitrogens is 2. The van der Waals surface area contributed by atoms with Gasteiger partial charge in [-0.05, 0) is 31.4 Å². The summed E-state index contributed by atoms with van der Waals surface area (Å²) in [5, 5.41) is 0. The van der Waals surface area contributed by atoms with Gasteiger partial charge in [0.05, 0.1) is 12.8 Å². The van der Waals surface area contributed by atoms with Gasteiger partial charge in [-0.1, -0.05) is 18.2 Å². The molecule has 0 aromatic carbocycles. The fourth-order valence-corrected chi connectivity index (χ4v) is 4.32. The highest BCUT2D eigenvalue weighted by atomic mass is 16.5. The van der Waals surface area contributed by atoms with E-state index in [1.54, 1.807) is 22.9 Å². The van der Waals surface area contributed by atoms with E-state index in [2.05, 4.69) is 17.1 Å². The van der Waals surface area contributed by atoms with Crippen molar-refractivity contribution in [3.8, 4) is 5.75 Å². The summed E-state index contributed by atoms with van der Waals surface area (Å²) >= 11 is 0. The molecular weight excluding hydrogens is 410 g/mol. The predicted molar refractivity (Wildman–Crippen MR) is 117 cm³/mol. The summed E-state index contributed by atoms with van der Waals surface area (Å²) in [5.74, 6) is -0.297. The average Bonchev–Trinajstić information content (AvgIpc) is 3.07. The third kappa shape index (κ3) is 4.59. The maximum atomic E-state index is 13.0. The third-order valence-corrected chi connectivity index (χ3v) is 6.01. The first-order valence-electron chi connectivity index (χ1n) is 10.9. The second kappa shape index (κ2) is 9.80. The number of ether oxygens (including phenoxy) is 2.